The zero-order valence-electron chi connectivity index (χ0n) is 9.64. The summed E-state index contributed by atoms with van der Waals surface area (Å²) in [6.45, 7) is 1.13. The van der Waals surface area contributed by atoms with Crippen LogP contribution >= 0.6 is 11.6 Å². The molecule has 0 radical (unpaired) electrons. The summed E-state index contributed by atoms with van der Waals surface area (Å²) >= 11 is 6.05. The van der Waals surface area contributed by atoms with Gasteiger partial charge in [0.1, 0.15) is 16.8 Å². The maximum Gasteiger partial charge on any atom is 0.135 e. The molecule has 2 heterocycles. The van der Waals surface area contributed by atoms with Gasteiger partial charge in [0.15, 0.2) is 0 Å². The number of hydrogen-bond acceptors (Lipinski definition) is 4. The van der Waals surface area contributed by atoms with Crippen molar-refractivity contribution in [3.05, 3.63) is 17.0 Å². The maximum absolute atomic E-state index is 9.34. The molecule has 17 heavy (non-hydrogen) atoms. The molecule has 0 bridgehead atoms. The molecule has 1 N–H and O–H groups in total. The van der Waals surface area contributed by atoms with Crippen molar-refractivity contribution in [3.63, 3.8) is 0 Å². The monoisotopic (exact) mass is 253 g/mol. The van der Waals surface area contributed by atoms with Gasteiger partial charge in [-0.3, -0.25) is 0 Å². The Morgan fingerprint density at radius 3 is 2.88 bits per heavy atom. The highest BCUT2D eigenvalue weighted by Crippen LogP contribution is 2.39. The Kier molecular flexibility index (Phi) is 2.92. The van der Waals surface area contributed by atoms with Crippen LogP contribution < -0.4 is 4.90 Å². The van der Waals surface area contributed by atoms with Crippen LogP contribution in [0.15, 0.2) is 6.07 Å². The molecular formula is C12H16ClN3O. The number of hydrogen-bond donors (Lipinski definition) is 1. The molecule has 0 aromatic carbocycles. The number of nitrogens with zero attached hydrogens (tertiary/aromatic N) is 3. The van der Waals surface area contributed by atoms with Gasteiger partial charge in [0.25, 0.3) is 0 Å². The molecule has 1 saturated carbocycles. The Balaban J connectivity index is 1.90. The van der Waals surface area contributed by atoms with Gasteiger partial charge in [-0.05, 0) is 25.7 Å². The SMILES string of the molecule is OCC1CCCN1c1cc(Cl)nc(C2CC2)n1. The van der Waals surface area contributed by atoms with E-state index in [1.54, 1.807) is 6.07 Å². The first-order chi connectivity index (χ1) is 8.28. The van der Waals surface area contributed by atoms with Gasteiger partial charge in [0, 0.05) is 18.5 Å². The zero-order chi connectivity index (χ0) is 11.8. The summed E-state index contributed by atoms with van der Waals surface area (Å²) in [6.07, 6.45) is 4.47. The minimum absolute atomic E-state index is 0.181. The van der Waals surface area contributed by atoms with Gasteiger partial charge in [-0.2, -0.15) is 0 Å². The molecule has 1 aromatic rings. The molecule has 1 aliphatic heterocycles. The van der Waals surface area contributed by atoms with Crippen LogP contribution in [-0.4, -0.2) is 34.3 Å². The Morgan fingerprint density at radius 1 is 1.35 bits per heavy atom. The minimum atomic E-state index is 0.181. The Hall–Kier alpha value is -0.870. The fraction of sp³-hybridized carbons (Fsp3) is 0.667. The summed E-state index contributed by atoms with van der Waals surface area (Å²) in [4.78, 5) is 11.0. The molecule has 1 aromatic heterocycles. The lowest BCUT2D eigenvalue weighted by Gasteiger charge is -2.24. The number of rotatable bonds is 3. The third-order valence-electron chi connectivity index (χ3n) is 3.52. The molecular weight excluding hydrogens is 238 g/mol. The Labute approximate surface area is 106 Å². The van der Waals surface area contributed by atoms with Gasteiger partial charge in [0.2, 0.25) is 0 Å². The van der Waals surface area contributed by atoms with Gasteiger partial charge in [-0.1, -0.05) is 11.6 Å². The van der Waals surface area contributed by atoms with Crippen molar-refractivity contribution < 1.29 is 5.11 Å². The lowest BCUT2D eigenvalue weighted by molar-refractivity contribution is 0.266. The van der Waals surface area contributed by atoms with E-state index in [-0.39, 0.29) is 12.6 Å². The fourth-order valence-corrected chi connectivity index (χ4v) is 2.61. The van der Waals surface area contributed by atoms with Gasteiger partial charge in [-0.15, -0.1) is 0 Å². The lowest BCUT2D eigenvalue weighted by Crippen LogP contribution is -2.33. The van der Waals surface area contributed by atoms with Crippen LogP contribution in [0.4, 0.5) is 5.82 Å². The summed E-state index contributed by atoms with van der Waals surface area (Å²) < 4.78 is 0. The van der Waals surface area contributed by atoms with Crippen LogP contribution in [-0.2, 0) is 0 Å². The van der Waals surface area contributed by atoms with Crippen LogP contribution in [0.1, 0.15) is 37.4 Å². The molecule has 3 rings (SSSR count). The molecule has 2 fully saturated rings. The van der Waals surface area contributed by atoms with Crippen LogP contribution in [0.3, 0.4) is 0 Å². The van der Waals surface area contributed by atoms with E-state index < -0.39 is 0 Å². The van der Waals surface area contributed by atoms with Crippen LogP contribution in [0.2, 0.25) is 5.15 Å². The molecule has 1 aliphatic carbocycles. The van der Waals surface area contributed by atoms with Crippen LogP contribution in [0.5, 0.6) is 0 Å². The van der Waals surface area contributed by atoms with E-state index in [1.165, 1.54) is 12.8 Å². The van der Waals surface area contributed by atoms with Crippen molar-refractivity contribution in [1.29, 1.82) is 0 Å². The van der Waals surface area contributed by atoms with Crippen LogP contribution in [0.25, 0.3) is 0 Å². The third kappa shape index (κ3) is 2.24. The van der Waals surface area contributed by atoms with Gasteiger partial charge in [-0.25, -0.2) is 9.97 Å². The molecule has 0 amide bonds. The highest BCUT2D eigenvalue weighted by atomic mass is 35.5. The van der Waals surface area contributed by atoms with E-state index in [1.807, 2.05) is 0 Å². The Morgan fingerprint density at radius 2 is 2.18 bits per heavy atom. The van der Waals surface area contributed by atoms with Crippen LogP contribution in [0, 0.1) is 0 Å². The normalized spacial score (nSPS) is 24.4. The van der Waals surface area contributed by atoms with Gasteiger partial charge < -0.3 is 10.0 Å². The fourth-order valence-electron chi connectivity index (χ4n) is 2.42. The minimum Gasteiger partial charge on any atom is -0.394 e. The highest BCUT2D eigenvalue weighted by molar-refractivity contribution is 6.29. The summed E-state index contributed by atoms with van der Waals surface area (Å²) in [5.41, 5.74) is 0. The standard InChI is InChI=1S/C12H16ClN3O/c13-10-6-11(15-12(14-10)8-3-4-8)16-5-1-2-9(16)7-17/h6,8-9,17H,1-5,7H2. The molecule has 1 saturated heterocycles. The summed E-state index contributed by atoms with van der Waals surface area (Å²) in [5, 5.41) is 9.85. The van der Waals surface area contributed by atoms with Crippen molar-refractivity contribution >= 4 is 17.4 Å². The maximum atomic E-state index is 9.34. The second-order valence-electron chi connectivity index (χ2n) is 4.85. The summed E-state index contributed by atoms with van der Waals surface area (Å²) in [5.74, 6) is 2.25. The first-order valence-corrected chi connectivity index (χ1v) is 6.57. The smallest absolute Gasteiger partial charge is 0.135 e. The third-order valence-corrected chi connectivity index (χ3v) is 3.72. The molecule has 4 nitrogen and oxygen atoms in total. The second-order valence-corrected chi connectivity index (χ2v) is 5.24. The number of halogens is 1. The number of aromatic nitrogens is 2. The largest absolute Gasteiger partial charge is 0.394 e. The van der Waals surface area contributed by atoms with E-state index in [9.17, 15) is 5.11 Å². The highest BCUT2D eigenvalue weighted by Gasteiger charge is 2.30. The van der Waals surface area contributed by atoms with Crippen molar-refractivity contribution in [1.82, 2.24) is 9.97 Å². The first-order valence-electron chi connectivity index (χ1n) is 6.20. The van der Waals surface area contributed by atoms with E-state index >= 15 is 0 Å². The molecule has 1 atom stereocenters. The molecule has 1 unspecified atom stereocenters. The molecule has 2 aliphatic rings. The predicted molar refractivity (Wildman–Crippen MR) is 66.5 cm³/mol. The second kappa shape index (κ2) is 4.42. The zero-order valence-corrected chi connectivity index (χ0v) is 10.4. The van der Waals surface area contributed by atoms with Crippen molar-refractivity contribution in [2.24, 2.45) is 0 Å². The summed E-state index contributed by atoms with van der Waals surface area (Å²) in [6, 6.07) is 1.99. The quantitative estimate of drug-likeness (QED) is 0.837. The van der Waals surface area contributed by atoms with E-state index in [2.05, 4.69) is 14.9 Å². The number of anilines is 1. The molecule has 92 valence electrons. The van der Waals surface area contributed by atoms with Crippen molar-refractivity contribution in [2.45, 2.75) is 37.6 Å². The van der Waals surface area contributed by atoms with E-state index in [4.69, 9.17) is 11.6 Å². The predicted octanol–water partition coefficient (Wildman–Crippen LogP) is 1.97. The van der Waals surface area contributed by atoms with Gasteiger partial charge in [0.05, 0.1) is 12.6 Å². The lowest BCUT2D eigenvalue weighted by atomic mass is 10.2. The number of aliphatic hydroxyl groups excluding tert-OH is 1. The van der Waals surface area contributed by atoms with E-state index in [0.29, 0.717) is 11.1 Å². The molecule has 0 spiro atoms. The Bertz CT molecular complexity index is 422. The average Bonchev–Trinajstić information content (AvgIpc) is 3.06. The van der Waals surface area contributed by atoms with Crippen molar-refractivity contribution in [2.75, 3.05) is 18.1 Å². The molecule has 5 heteroatoms. The first kappa shape index (κ1) is 11.2. The van der Waals surface area contributed by atoms with Gasteiger partial charge >= 0.3 is 0 Å². The topological polar surface area (TPSA) is 49.2 Å². The van der Waals surface area contributed by atoms with Crippen molar-refractivity contribution in [3.8, 4) is 0 Å². The summed E-state index contributed by atoms with van der Waals surface area (Å²) in [7, 11) is 0. The number of aliphatic hydroxyl groups is 1. The average molecular weight is 254 g/mol. The van der Waals surface area contributed by atoms with E-state index in [0.717, 1.165) is 31.0 Å².